The highest BCUT2D eigenvalue weighted by Gasteiger charge is 2.36. The van der Waals surface area contributed by atoms with E-state index in [9.17, 15) is 23.6 Å². The summed E-state index contributed by atoms with van der Waals surface area (Å²) in [6.45, 7) is -0.280. The van der Waals surface area contributed by atoms with Gasteiger partial charge in [-0.15, -0.1) is 0 Å². The van der Waals surface area contributed by atoms with E-state index in [1.165, 1.54) is 49.6 Å². The second-order valence-corrected chi connectivity index (χ2v) is 7.57. The first-order valence-electron chi connectivity index (χ1n) is 10.7. The molecule has 3 aromatic carbocycles. The van der Waals surface area contributed by atoms with E-state index in [2.05, 4.69) is 10.6 Å². The lowest BCUT2D eigenvalue weighted by Crippen LogP contribution is -2.54. The summed E-state index contributed by atoms with van der Waals surface area (Å²) >= 11 is 0. The number of benzene rings is 3. The number of carbonyl (C=O) groups is 4. The third kappa shape index (κ3) is 5.55. The van der Waals surface area contributed by atoms with Crippen LogP contribution in [0.2, 0.25) is 0 Å². The van der Waals surface area contributed by atoms with E-state index in [-0.39, 0.29) is 17.9 Å². The zero-order valence-electron chi connectivity index (χ0n) is 19.0. The molecule has 0 aliphatic carbocycles. The van der Waals surface area contributed by atoms with Crippen LogP contribution in [-0.2, 0) is 14.4 Å². The van der Waals surface area contributed by atoms with Gasteiger partial charge >= 0.3 is 6.03 Å². The molecule has 3 aromatic rings. The van der Waals surface area contributed by atoms with Crippen molar-refractivity contribution in [3.8, 4) is 11.5 Å². The van der Waals surface area contributed by atoms with Gasteiger partial charge in [0.05, 0.1) is 12.8 Å². The largest absolute Gasteiger partial charge is 0.497 e. The van der Waals surface area contributed by atoms with Crippen LogP contribution < -0.4 is 25.0 Å². The Morgan fingerprint density at radius 3 is 2.22 bits per heavy atom. The van der Waals surface area contributed by atoms with Crippen molar-refractivity contribution in [1.29, 1.82) is 0 Å². The highest BCUT2D eigenvalue weighted by atomic mass is 19.1. The van der Waals surface area contributed by atoms with Crippen LogP contribution in [0.4, 0.5) is 20.6 Å². The number of halogens is 1. The van der Waals surface area contributed by atoms with Gasteiger partial charge in [0.15, 0.2) is 6.61 Å². The van der Waals surface area contributed by atoms with Crippen LogP contribution in [0.3, 0.4) is 0 Å². The zero-order chi connectivity index (χ0) is 25.7. The third-order valence-electron chi connectivity index (χ3n) is 5.12. The molecule has 10 heteroatoms. The molecule has 1 heterocycles. The summed E-state index contributed by atoms with van der Waals surface area (Å²) in [7, 11) is 1.49. The predicted octanol–water partition coefficient (Wildman–Crippen LogP) is 3.52. The van der Waals surface area contributed by atoms with E-state index in [0.717, 1.165) is 4.90 Å². The summed E-state index contributed by atoms with van der Waals surface area (Å²) < 4.78 is 23.5. The maximum Gasteiger partial charge on any atom is 0.335 e. The number of rotatable bonds is 7. The molecule has 0 bridgehead atoms. The number of amides is 5. The monoisotopic (exact) mass is 489 g/mol. The molecule has 1 aliphatic rings. The number of imide groups is 2. The molecule has 0 radical (unpaired) electrons. The summed E-state index contributed by atoms with van der Waals surface area (Å²) in [5.74, 6) is -1.50. The van der Waals surface area contributed by atoms with Crippen LogP contribution >= 0.6 is 0 Å². The number of methoxy groups -OCH3 is 1. The quantitative estimate of drug-likeness (QED) is 0.388. The van der Waals surface area contributed by atoms with Gasteiger partial charge in [0, 0.05) is 5.69 Å². The molecule has 0 unspecified atom stereocenters. The van der Waals surface area contributed by atoms with E-state index >= 15 is 0 Å². The normalized spacial score (nSPS) is 14.4. The van der Waals surface area contributed by atoms with Gasteiger partial charge < -0.3 is 14.8 Å². The molecule has 182 valence electrons. The van der Waals surface area contributed by atoms with Crippen LogP contribution in [0.5, 0.6) is 11.5 Å². The molecular weight excluding hydrogens is 469 g/mol. The summed E-state index contributed by atoms with van der Waals surface area (Å²) in [6.07, 6.45) is 1.35. The molecule has 1 aliphatic heterocycles. The van der Waals surface area contributed by atoms with Crippen molar-refractivity contribution in [2.24, 2.45) is 0 Å². The second-order valence-electron chi connectivity index (χ2n) is 7.57. The minimum atomic E-state index is -0.852. The minimum absolute atomic E-state index is 0.224. The smallest absolute Gasteiger partial charge is 0.335 e. The summed E-state index contributed by atoms with van der Waals surface area (Å²) in [4.78, 5) is 50.5. The van der Waals surface area contributed by atoms with Crippen LogP contribution in [0, 0.1) is 5.82 Å². The fourth-order valence-corrected chi connectivity index (χ4v) is 3.33. The van der Waals surface area contributed by atoms with Gasteiger partial charge in [-0.1, -0.05) is 12.1 Å². The van der Waals surface area contributed by atoms with Gasteiger partial charge in [0.1, 0.15) is 22.9 Å². The molecule has 9 nitrogen and oxygen atoms in total. The van der Waals surface area contributed by atoms with Crippen molar-refractivity contribution >= 4 is 41.2 Å². The molecule has 4 rings (SSSR count). The first kappa shape index (κ1) is 24.1. The molecule has 0 saturated carbocycles. The van der Waals surface area contributed by atoms with Crippen LogP contribution in [-0.4, -0.2) is 37.5 Å². The van der Waals surface area contributed by atoms with E-state index < -0.39 is 29.6 Å². The highest BCUT2D eigenvalue weighted by Crippen LogP contribution is 2.24. The number of hydrogen-bond donors (Lipinski definition) is 2. The average molecular weight is 489 g/mol. The maximum atomic E-state index is 13.0. The fourth-order valence-electron chi connectivity index (χ4n) is 3.33. The van der Waals surface area contributed by atoms with Crippen molar-refractivity contribution in [2.45, 2.75) is 0 Å². The van der Waals surface area contributed by atoms with Gasteiger partial charge in [-0.2, -0.15) is 0 Å². The van der Waals surface area contributed by atoms with Crippen molar-refractivity contribution in [1.82, 2.24) is 5.32 Å². The maximum absolute atomic E-state index is 13.0. The Morgan fingerprint density at radius 2 is 1.58 bits per heavy atom. The molecule has 1 saturated heterocycles. The number of urea groups is 1. The Bertz CT molecular complexity index is 1340. The van der Waals surface area contributed by atoms with Gasteiger partial charge in [0.25, 0.3) is 17.7 Å². The van der Waals surface area contributed by atoms with Crippen LogP contribution in [0.15, 0.2) is 78.4 Å². The molecule has 2 N–H and O–H groups in total. The molecule has 0 aromatic heterocycles. The highest BCUT2D eigenvalue weighted by molar-refractivity contribution is 6.39. The number of hydrogen-bond acceptors (Lipinski definition) is 6. The summed E-state index contributed by atoms with van der Waals surface area (Å²) in [5.41, 5.74) is 0.988. The van der Waals surface area contributed by atoms with Crippen molar-refractivity contribution in [3.63, 3.8) is 0 Å². The Morgan fingerprint density at radius 1 is 0.944 bits per heavy atom. The fraction of sp³-hybridized carbons (Fsp3) is 0.0769. The lowest BCUT2D eigenvalue weighted by Gasteiger charge is -2.26. The van der Waals surface area contributed by atoms with Gasteiger partial charge in [-0.05, 0) is 72.3 Å². The SMILES string of the molecule is COc1ccc(N2C(=O)NC(=O)/C(=C\c3ccc(OCC(=O)Nc4ccc(F)cc4)cc3)C2=O)cc1. The third-order valence-corrected chi connectivity index (χ3v) is 5.12. The van der Waals surface area contributed by atoms with E-state index in [0.29, 0.717) is 22.7 Å². The number of barbiturate groups is 1. The molecule has 0 atom stereocenters. The molecular formula is C26H20FN3O6. The molecule has 36 heavy (non-hydrogen) atoms. The second kappa shape index (κ2) is 10.5. The zero-order valence-corrected chi connectivity index (χ0v) is 19.0. The molecule has 0 spiro atoms. The molecule has 1 fully saturated rings. The number of anilines is 2. The molecule has 5 amide bonds. The standard InChI is InChI=1S/C26H20FN3O6/c1-35-20-12-8-19(9-13-20)30-25(33)22(24(32)29-26(30)34)14-16-2-10-21(11-3-16)36-15-23(31)28-18-6-4-17(27)5-7-18/h2-14H,15H2,1H3,(H,28,31)(H,29,32,34)/b22-14+. The minimum Gasteiger partial charge on any atom is -0.497 e. The Kier molecular flexibility index (Phi) is 7.05. The number of nitrogens with zero attached hydrogens (tertiary/aromatic N) is 1. The van der Waals surface area contributed by atoms with Crippen molar-refractivity contribution < 1.29 is 33.0 Å². The van der Waals surface area contributed by atoms with E-state index in [1.807, 2.05) is 0 Å². The number of carbonyl (C=O) groups excluding carboxylic acids is 4. The van der Waals surface area contributed by atoms with Gasteiger partial charge in [-0.25, -0.2) is 14.1 Å². The van der Waals surface area contributed by atoms with Crippen molar-refractivity contribution in [3.05, 3.63) is 89.8 Å². The lowest BCUT2D eigenvalue weighted by molar-refractivity contribution is -0.122. The van der Waals surface area contributed by atoms with Crippen molar-refractivity contribution in [2.75, 3.05) is 23.9 Å². The summed E-state index contributed by atoms with van der Waals surface area (Å²) in [5, 5.41) is 4.74. The summed E-state index contributed by atoms with van der Waals surface area (Å²) in [6, 6.07) is 17.0. The Hall–Kier alpha value is -4.99. The van der Waals surface area contributed by atoms with E-state index in [4.69, 9.17) is 9.47 Å². The van der Waals surface area contributed by atoms with E-state index in [1.54, 1.807) is 36.4 Å². The first-order chi connectivity index (χ1) is 17.3. The average Bonchev–Trinajstić information content (AvgIpc) is 2.87. The lowest BCUT2D eigenvalue weighted by atomic mass is 10.1. The Labute approximate surface area is 205 Å². The van der Waals surface area contributed by atoms with Crippen LogP contribution in [0.25, 0.3) is 6.08 Å². The first-order valence-corrected chi connectivity index (χ1v) is 10.7. The Balaban J connectivity index is 1.42. The number of nitrogens with one attached hydrogen (secondary N) is 2. The van der Waals surface area contributed by atoms with Gasteiger partial charge in [0.2, 0.25) is 0 Å². The number of ether oxygens (including phenoxy) is 2. The van der Waals surface area contributed by atoms with Gasteiger partial charge in [-0.3, -0.25) is 19.7 Å². The predicted molar refractivity (Wildman–Crippen MR) is 129 cm³/mol. The van der Waals surface area contributed by atoms with Crippen LogP contribution in [0.1, 0.15) is 5.56 Å². The topological polar surface area (TPSA) is 114 Å².